The Morgan fingerprint density at radius 2 is 1.48 bits per heavy atom. The minimum absolute atomic E-state index is 0.590. The van der Waals surface area contributed by atoms with E-state index in [2.05, 4.69) is 111 Å². The van der Waals surface area contributed by atoms with Crippen LogP contribution in [0.1, 0.15) is 47.4 Å². The summed E-state index contributed by atoms with van der Waals surface area (Å²) in [6.07, 6.45) is 0. The first-order chi connectivity index (χ1) is 15.8. The van der Waals surface area contributed by atoms with Crippen molar-refractivity contribution in [2.75, 3.05) is 31.2 Å². The Balaban J connectivity index is 1.86. The average molecular weight is 460 g/mol. The van der Waals surface area contributed by atoms with E-state index in [-0.39, 0.29) is 0 Å². The van der Waals surface area contributed by atoms with Crippen molar-refractivity contribution in [2.45, 2.75) is 58.2 Å². The lowest BCUT2D eigenvalue weighted by molar-refractivity contribution is 0.122. The summed E-state index contributed by atoms with van der Waals surface area (Å²) in [5, 5.41) is 0. The summed E-state index contributed by atoms with van der Waals surface area (Å²) in [6.45, 7) is 17.5. The standard InChI is InChI=1S/C28H37N3OSi/c1-21(2)33(22(3)4,23(5)6)19-14-28-29-26-12-7-8-13-27(26)31(28)25-11-9-10-24(20-25)30-15-17-32-18-16-30/h7-13,20-23H,15-18H2,1-6H3. The zero-order valence-corrected chi connectivity index (χ0v) is 21.9. The number of fused-ring (bicyclic) bond motifs is 1. The van der Waals surface area contributed by atoms with Gasteiger partial charge < -0.3 is 9.64 Å². The molecule has 0 bridgehead atoms. The summed E-state index contributed by atoms with van der Waals surface area (Å²) in [7, 11) is -1.86. The molecule has 0 amide bonds. The van der Waals surface area contributed by atoms with E-state index in [1.165, 1.54) is 5.69 Å². The molecule has 1 aliphatic heterocycles. The Morgan fingerprint density at radius 1 is 0.848 bits per heavy atom. The molecule has 3 aromatic rings. The van der Waals surface area contributed by atoms with Gasteiger partial charge in [0.15, 0.2) is 5.82 Å². The molecule has 1 saturated heterocycles. The van der Waals surface area contributed by atoms with Gasteiger partial charge >= 0.3 is 0 Å². The lowest BCUT2D eigenvalue weighted by Crippen LogP contribution is -2.43. The summed E-state index contributed by atoms with van der Waals surface area (Å²) in [6, 6.07) is 17.1. The van der Waals surface area contributed by atoms with Gasteiger partial charge in [0.2, 0.25) is 0 Å². The van der Waals surface area contributed by atoms with Crippen molar-refractivity contribution in [1.82, 2.24) is 9.55 Å². The van der Waals surface area contributed by atoms with E-state index in [4.69, 9.17) is 9.72 Å². The first-order valence-electron chi connectivity index (χ1n) is 12.3. The molecule has 5 heteroatoms. The molecule has 174 valence electrons. The van der Waals surface area contributed by atoms with Crippen LogP contribution >= 0.6 is 0 Å². The van der Waals surface area contributed by atoms with Crippen LogP contribution in [-0.2, 0) is 4.74 Å². The highest BCUT2D eigenvalue weighted by molar-refractivity contribution is 6.90. The maximum atomic E-state index is 5.55. The second-order valence-electron chi connectivity index (χ2n) is 10.0. The van der Waals surface area contributed by atoms with Crippen LogP contribution in [-0.4, -0.2) is 43.9 Å². The molecule has 1 aliphatic rings. The predicted molar refractivity (Wildman–Crippen MR) is 142 cm³/mol. The van der Waals surface area contributed by atoms with Gasteiger partial charge in [-0.05, 0) is 52.9 Å². The molecule has 4 nitrogen and oxygen atoms in total. The molecule has 0 atom stereocenters. The molecule has 0 unspecified atom stereocenters. The predicted octanol–water partition coefficient (Wildman–Crippen LogP) is 6.43. The number of benzene rings is 2. The van der Waals surface area contributed by atoms with Gasteiger partial charge in [-0.25, -0.2) is 4.98 Å². The Bertz CT molecular complexity index is 1140. The highest BCUT2D eigenvalue weighted by atomic mass is 28.3. The Morgan fingerprint density at radius 3 is 2.15 bits per heavy atom. The maximum Gasteiger partial charge on any atom is 0.190 e. The van der Waals surface area contributed by atoms with Gasteiger partial charge in [0.05, 0.1) is 29.9 Å². The highest BCUT2D eigenvalue weighted by Gasteiger charge is 2.41. The van der Waals surface area contributed by atoms with Crippen LogP contribution in [0.25, 0.3) is 16.7 Å². The maximum absolute atomic E-state index is 5.55. The molecule has 2 heterocycles. The number of anilines is 1. The van der Waals surface area contributed by atoms with Crippen molar-refractivity contribution in [3.05, 3.63) is 54.4 Å². The fourth-order valence-corrected chi connectivity index (χ4v) is 10.8. The topological polar surface area (TPSA) is 30.3 Å². The number of para-hydroxylation sites is 2. The van der Waals surface area contributed by atoms with Crippen molar-refractivity contribution in [2.24, 2.45) is 0 Å². The molecule has 0 spiro atoms. The summed E-state index contributed by atoms with van der Waals surface area (Å²) in [5.74, 6) is 4.46. The number of ether oxygens (including phenoxy) is 1. The van der Waals surface area contributed by atoms with E-state index in [0.29, 0.717) is 16.6 Å². The molecule has 0 radical (unpaired) electrons. The molecule has 1 fully saturated rings. The molecule has 0 aliphatic carbocycles. The van der Waals surface area contributed by atoms with E-state index in [9.17, 15) is 0 Å². The third-order valence-electron chi connectivity index (χ3n) is 7.28. The van der Waals surface area contributed by atoms with Gasteiger partial charge in [-0.1, -0.05) is 59.7 Å². The van der Waals surface area contributed by atoms with E-state index >= 15 is 0 Å². The fraction of sp³-hybridized carbons (Fsp3) is 0.464. The summed E-state index contributed by atoms with van der Waals surface area (Å²) < 4.78 is 7.79. The summed E-state index contributed by atoms with van der Waals surface area (Å²) in [5.41, 5.74) is 10.1. The molecule has 0 N–H and O–H groups in total. The monoisotopic (exact) mass is 459 g/mol. The van der Waals surface area contributed by atoms with Crippen LogP contribution in [0.3, 0.4) is 0 Å². The number of imidazole rings is 1. The first kappa shape index (κ1) is 23.6. The molecule has 33 heavy (non-hydrogen) atoms. The van der Waals surface area contributed by atoms with Gasteiger partial charge in [-0.15, -0.1) is 5.54 Å². The number of nitrogens with zero attached hydrogens (tertiary/aromatic N) is 3. The molecular weight excluding hydrogens is 422 g/mol. The zero-order valence-electron chi connectivity index (χ0n) is 20.9. The second-order valence-corrected chi connectivity index (χ2v) is 15.6. The van der Waals surface area contributed by atoms with Crippen LogP contribution in [0.5, 0.6) is 0 Å². The van der Waals surface area contributed by atoms with Crippen molar-refractivity contribution >= 4 is 24.8 Å². The second kappa shape index (κ2) is 9.75. The number of hydrogen-bond donors (Lipinski definition) is 0. The molecule has 1 aromatic heterocycles. The van der Waals surface area contributed by atoms with E-state index in [0.717, 1.165) is 48.8 Å². The Hall–Kier alpha value is -2.55. The number of rotatable bonds is 5. The van der Waals surface area contributed by atoms with Crippen molar-refractivity contribution in [3.63, 3.8) is 0 Å². The highest BCUT2D eigenvalue weighted by Crippen LogP contribution is 2.41. The number of morpholine rings is 1. The van der Waals surface area contributed by atoms with Crippen LogP contribution in [0.2, 0.25) is 16.6 Å². The number of aromatic nitrogens is 2. The fourth-order valence-electron chi connectivity index (χ4n) is 5.62. The van der Waals surface area contributed by atoms with Crippen molar-refractivity contribution in [1.29, 1.82) is 0 Å². The summed E-state index contributed by atoms with van der Waals surface area (Å²) >= 11 is 0. The smallest absolute Gasteiger partial charge is 0.190 e. The van der Waals surface area contributed by atoms with Crippen LogP contribution < -0.4 is 4.90 Å². The van der Waals surface area contributed by atoms with E-state index in [1.54, 1.807) is 0 Å². The lowest BCUT2D eigenvalue weighted by Gasteiger charge is -2.38. The van der Waals surface area contributed by atoms with E-state index < -0.39 is 8.07 Å². The van der Waals surface area contributed by atoms with Crippen LogP contribution in [0.15, 0.2) is 48.5 Å². The summed E-state index contributed by atoms with van der Waals surface area (Å²) in [4.78, 5) is 7.38. The van der Waals surface area contributed by atoms with Crippen LogP contribution in [0.4, 0.5) is 5.69 Å². The molecular formula is C28H37N3OSi. The Kier molecular flexibility index (Phi) is 6.97. The first-order valence-corrected chi connectivity index (χ1v) is 14.5. The third kappa shape index (κ3) is 4.47. The normalized spacial score (nSPS) is 14.9. The minimum atomic E-state index is -1.86. The Labute approximate surface area is 200 Å². The molecule has 4 rings (SSSR count). The molecule has 0 saturated carbocycles. The van der Waals surface area contributed by atoms with Crippen LogP contribution in [0, 0.1) is 11.5 Å². The quantitative estimate of drug-likeness (QED) is 0.325. The van der Waals surface area contributed by atoms with Gasteiger partial charge in [-0.2, -0.15) is 0 Å². The van der Waals surface area contributed by atoms with Gasteiger partial charge in [-0.3, -0.25) is 4.57 Å². The van der Waals surface area contributed by atoms with Gasteiger partial charge in [0, 0.05) is 18.8 Å². The minimum Gasteiger partial charge on any atom is -0.378 e. The number of hydrogen-bond acceptors (Lipinski definition) is 3. The van der Waals surface area contributed by atoms with Crippen molar-refractivity contribution < 1.29 is 4.74 Å². The van der Waals surface area contributed by atoms with Gasteiger partial charge in [0.25, 0.3) is 0 Å². The van der Waals surface area contributed by atoms with E-state index in [1.807, 2.05) is 0 Å². The average Bonchev–Trinajstić information content (AvgIpc) is 3.18. The SMILES string of the molecule is CC(C)[Si](C#Cc1nc2ccccc2n1-c1cccc(N2CCOCC2)c1)(C(C)C)C(C)C. The lowest BCUT2D eigenvalue weighted by atomic mass is 10.2. The molecule has 2 aromatic carbocycles. The van der Waals surface area contributed by atoms with Gasteiger partial charge in [0.1, 0.15) is 8.07 Å². The van der Waals surface area contributed by atoms with Crippen molar-refractivity contribution in [3.8, 4) is 17.2 Å². The third-order valence-corrected chi connectivity index (χ3v) is 13.6. The largest absolute Gasteiger partial charge is 0.378 e. The zero-order chi connectivity index (χ0) is 23.6.